The number of Topliss-reactive ketones (excluding diaryl/α,β-unsaturated/α-hetero) is 1. The number of fused-ring (bicyclic) bond motifs is 1. The van der Waals surface area contributed by atoms with Gasteiger partial charge >= 0.3 is 0 Å². The van der Waals surface area contributed by atoms with Gasteiger partial charge in [0.1, 0.15) is 17.3 Å². The van der Waals surface area contributed by atoms with Crippen LogP contribution in [0.4, 0.5) is 14.6 Å². The molecule has 0 spiro atoms. The maximum atomic E-state index is 14.2. The average molecular weight is 408 g/mol. The second-order valence-corrected chi connectivity index (χ2v) is 7.84. The van der Waals surface area contributed by atoms with E-state index in [1.54, 1.807) is 19.1 Å². The third kappa shape index (κ3) is 3.04. The number of aryl methyl sites for hydroxylation is 1. The molecule has 4 rings (SSSR count). The molecule has 1 amide bonds. The van der Waals surface area contributed by atoms with Gasteiger partial charge in [0.2, 0.25) is 5.91 Å². The number of hydrogen-bond acceptors (Lipinski definition) is 4. The fourth-order valence-electron chi connectivity index (χ4n) is 3.22. The summed E-state index contributed by atoms with van der Waals surface area (Å²) in [6.07, 6.45) is -0.0419. The summed E-state index contributed by atoms with van der Waals surface area (Å²) in [6, 6.07) is 6.30. The zero-order valence-corrected chi connectivity index (χ0v) is 15.5. The van der Waals surface area contributed by atoms with Gasteiger partial charge in [0.05, 0.1) is 20.8 Å². The van der Waals surface area contributed by atoms with Gasteiger partial charge < -0.3 is 5.32 Å². The topological polar surface area (TPSA) is 64.0 Å². The fourth-order valence-corrected chi connectivity index (χ4v) is 4.25. The summed E-state index contributed by atoms with van der Waals surface area (Å²) >= 11 is 7.05. The van der Waals surface area contributed by atoms with Crippen LogP contribution in [-0.4, -0.2) is 21.5 Å². The normalized spacial score (nSPS) is 16.1. The first-order valence-electron chi connectivity index (χ1n) is 7.99. The molecule has 5 nitrogen and oxygen atoms in total. The Morgan fingerprint density at radius 3 is 2.78 bits per heavy atom. The molecule has 0 unspecified atom stereocenters. The van der Waals surface area contributed by atoms with Gasteiger partial charge in [-0.25, -0.2) is 13.5 Å². The van der Waals surface area contributed by atoms with Gasteiger partial charge in [-0.1, -0.05) is 11.6 Å². The second kappa shape index (κ2) is 6.54. The number of anilines is 1. The van der Waals surface area contributed by atoms with Crippen molar-refractivity contribution in [3.63, 3.8) is 0 Å². The summed E-state index contributed by atoms with van der Waals surface area (Å²) in [5.41, 5.74) is 0.982. The van der Waals surface area contributed by atoms with E-state index in [-0.39, 0.29) is 29.6 Å². The maximum absolute atomic E-state index is 14.2. The number of thiophene rings is 1. The van der Waals surface area contributed by atoms with Crippen molar-refractivity contribution in [2.75, 3.05) is 5.32 Å². The average Bonchev–Trinajstić information content (AvgIpc) is 3.17. The van der Waals surface area contributed by atoms with E-state index in [9.17, 15) is 18.4 Å². The summed E-state index contributed by atoms with van der Waals surface area (Å²) in [5.74, 6) is -2.71. The molecular formula is C18H12ClF2N3O2S. The van der Waals surface area contributed by atoms with Crippen LogP contribution in [0.3, 0.4) is 0 Å². The monoisotopic (exact) mass is 407 g/mol. The Morgan fingerprint density at radius 2 is 2.11 bits per heavy atom. The number of nitrogens with one attached hydrogen (secondary N) is 1. The molecule has 1 atom stereocenters. The third-order valence-corrected chi connectivity index (χ3v) is 5.62. The largest absolute Gasteiger partial charge is 0.310 e. The summed E-state index contributed by atoms with van der Waals surface area (Å²) in [7, 11) is 0. The lowest BCUT2D eigenvalue weighted by Gasteiger charge is -2.22. The van der Waals surface area contributed by atoms with Crippen molar-refractivity contribution in [3.8, 4) is 5.69 Å². The lowest BCUT2D eigenvalue weighted by Crippen LogP contribution is -2.28. The number of carbonyl (C=O) groups excluding carboxylic acids is 2. The number of ketones is 1. The van der Waals surface area contributed by atoms with Crippen molar-refractivity contribution < 1.29 is 18.4 Å². The number of amides is 1. The van der Waals surface area contributed by atoms with Crippen molar-refractivity contribution in [2.24, 2.45) is 0 Å². The molecule has 1 N–H and O–H groups in total. The molecule has 1 aliphatic rings. The molecule has 2 aromatic heterocycles. The standard InChI is InChI=1S/C18H12ClF2N3O2S/c1-8-16-10(17(26)13-4-5-14(19)27-13)7-15(25)22-18(16)24(23-8)12-3-2-9(20)6-11(12)21/h2-6,10H,7H2,1H3,(H,22,25)/t10-/m0/s1. The number of rotatable bonds is 3. The molecule has 0 fully saturated rings. The fraction of sp³-hybridized carbons (Fsp3) is 0.167. The highest BCUT2D eigenvalue weighted by atomic mass is 35.5. The van der Waals surface area contributed by atoms with Crippen LogP contribution in [0.1, 0.15) is 33.3 Å². The van der Waals surface area contributed by atoms with E-state index in [1.807, 2.05) is 0 Å². The minimum Gasteiger partial charge on any atom is -0.310 e. The molecule has 0 radical (unpaired) electrons. The van der Waals surface area contributed by atoms with Gasteiger partial charge in [-0.2, -0.15) is 5.10 Å². The van der Waals surface area contributed by atoms with E-state index in [2.05, 4.69) is 10.4 Å². The highest BCUT2D eigenvalue weighted by Gasteiger charge is 2.37. The second-order valence-electron chi connectivity index (χ2n) is 6.13. The van der Waals surface area contributed by atoms with E-state index in [0.717, 1.165) is 23.5 Å². The summed E-state index contributed by atoms with van der Waals surface area (Å²) in [4.78, 5) is 25.6. The summed E-state index contributed by atoms with van der Waals surface area (Å²) in [5, 5.41) is 6.94. The Labute approximate surface area is 161 Å². The van der Waals surface area contributed by atoms with Crippen molar-refractivity contribution in [1.82, 2.24) is 9.78 Å². The third-order valence-electron chi connectivity index (χ3n) is 4.37. The molecular weight excluding hydrogens is 396 g/mol. The van der Waals surface area contributed by atoms with Crippen LogP contribution in [0, 0.1) is 18.6 Å². The smallest absolute Gasteiger partial charge is 0.226 e. The van der Waals surface area contributed by atoms with Crippen LogP contribution in [0.5, 0.6) is 0 Å². The molecule has 9 heteroatoms. The SMILES string of the molecule is Cc1nn(-c2ccc(F)cc2F)c2c1[C@@H](C(=O)c1ccc(Cl)s1)CC(=O)N2. The molecule has 0 bridgehead atoms. The van der Waals surface area contributed by atoms with Gasteiger partial charge in [-0.15, -0.1) is 11.3 Å². The van der Waals surface area contributed by atoms with Gasteiger partial charge in [0.15, 0.2) is 11.6 Å². The van der Waals surface area contributed by atoms with Crippen LogP contribution in [0.25, 0.3) is 5.69 Å². The zero-order valence-electron chi connectivity index (χ0n) is 13.9. The predicted octanol–water partition coefficient (Wildman–Crippen LogP) is 4.48. The number of halogens is 3. The van der Waals surface area contributed by atoms with Crippen molar-refractivity contribution in [2.45, 2.75) is 19.3 Å². The van der Waals surface area contributed by atoms with E-state index in [1.165, 1.54) is 10.7 Å². The molecule has 27 heavy (non-hydrogen) atoms. The first-order chi connectivity index (χ1) is 12.8. The number of aromatic nitrogens is 2. The Morgan fingerprint density at radius 1 is 1.33 bits per heavy atom. The van der Waals surface area contributed by atoms with Crippen molar-refractivity contribution in [3.05, 3.63) is 62.4 Å². The Bertz CT molecular complexity index is 1090. The number of hydrogen-bond donors (Lipinski definition) is 1. The van der Waals surface area contributed by atoms with Crippen LogP contribution >= 0.6 is 22.9 Å². The van der Waals surface area contributed by atoms with Crippen LogP contribution in [0.15, 0.2) is 30.3 Å². The van der Waals surface area contributed by atoms with Gasteiger partial charge in [0.25, 0.3) is 0 Å². The van der Waals surface area contributed by atoms with Crippen molar-refractivity contribution >= 4 is 40.4 Å². The molecule has 138 valence electrons. The quantitative estimate of drug-likeness (QED) is 0.651. The molecule has 0 aliphatic carbocycles. The van der Waals surface area contributed by atoms with Crippen LogP contribution in [0.2, 0.25) is 4.34 Å². The lowest BCUT2D eigenvalue weighted by atomic mass is 9.87. The van der Waals surface area contributed by atoms with Crippen molar-refractivity contribution in [1.29, 1.82) is 0 Å². The Kier molecular flexibility index (Phi) is 4.32. The lowest BCUT2D eigenvalue weighted by molar-refractivity contribution is -0.116. The Hall–Kier alpha value is -2.58. The minimum absolute atomic E-state index is 0.0201. The Balaban J connectivity index is 1.85. The molecule has 3 heterocycles. The predicted molar refractivity (Wildman–Crippen MR) is 97.9 cm³/mol. The van der Waals surface area contributed by atoms with Gasteiger partial charge in [-0.05, 0) is 31.2 Å². The minimum atomic E-state index is -0.826. The summed E-state index contributed by atoms with van der Waals surface area (Å²) < 4.78 is 29.1. The maximum Gasteiger partial charge on any atom is 0.226 e. The molecule has 3 aromatic rings. The van der Waals surface area contributed by atoms with Crippen LogP contribution < -0.4 is 5.32 Å². The highest BCUT2D eigenvalue weighted by Crippen LogP contribution is 2.39. The molecule has 1 aromatic carbocycles. The highest BCUT2D eigenvalue weighted by molar-refractivity contribution is 7.18. The summed E-state index contributed by atoms with van der Waals surface area (Å²) in [6.45, 7) is 1.68. The van der Waals surface area contributed by atoms with E-state index in [4.69, 9.17) is 11.6 Å². The van der Waals surface area contributed by atoms with E-state index in [0.29, 0.717) is 20.5 Å². The van der Waals surface area contributed by atoms with Crippen LogP contribution in [-0.2, 0) is 4.79 Å². The van der Waals surface area contributed by atoms with Gasteiger partial charge in [0, 0.05) is 18.1 Å². The number of benzene rings is 1. The van der Waals surface area contributed by atoms with E-state index >= 15 is 0 Å². The first-order valence-corrected chi connectivity index (χ1v) is 9.19. The molecule has 0 saturated heterocycles. The zero-order chi connectivity index (χ0) is 19.3. The molecule has 1 aliphatic heterocycles. The number of carbonyl (C=O) groups is 2. The molecule has 0 saturated carbocycles. The van der Waals surface area contributed by atoms with E-state index < -0.39 is 17.6 Å². The van der Waals surface area contributed by atoms with Gasteiger partial charge in [-0.3, -0.25) is 9.59 Å². The number of nitrogens with zero attached hydrogens (tertiary/aromatic N) is 2. The first kappa shape index (κ1) is 17.8.